The van der Waals surface area contributed by atoms with Crippen molar-refractivity contribution < 1.29 is 19.1 Å². The second-order valence-electron chi connectivity index (χ2n) is 7.24. The third kappa shape index (κ3) is 3.56. The third-order valence-electron chi connectivity index (χ3n) is 5.48. The van der Waals surface area contributed by atoms with E-state index in [0.29, 0.717) is 30.3 Å². The van der Waals surface area contributed by atoms with Crippen molar-refractivity contribution in [3.8, 4) is 11.5 Å². The number of nitrogens with zero attached hydrogens (tertiary/aromatic N) is 3. The van der Waals surface area contributed by atoms with Gasteiger partial charge in [-0.1, -0.05) is 12.1 Å². The molecular formula is C22H24N4O4. The molecule has 0 aliphatic carbocycles. The number of carbonyl (C=O) groups is 2. The molecule has 1 aliphatic heterocycles. The molecular weight excluding hydrogens is 384 g/mol. The van der Waals surface area contributed by atoms with Gasteiger partial charge in [0.15, 0.2) is 11.5 Å². The number of nitrogens with one attached hydrogen (secondary N) is 1. The molecule has 3 aromatic rings. The summed E-state index contributed by atoms with van der Waals surface area (Å²) in [7, 11) is 5.03. The number of hydrogen-bond donors (Lipinski definition) is 1. The molecule has 0 saturated carbocycles. The molecule has 156 valence electrons. The van der Waals surface area contributed by atoms with Gasteiger partial charge in [-0.2, -0.15) is 0 Å². The quantitative estimate of drug-likeness (QED) is 0.676. The van der Waals surface area contributed by atoms with E-state index < -0.39 is 5.92 Å². The zero-order valence-electron chi connectivity index (χ0n) is 17.2. The van der Waals surface area contributed by atoms with Crippen LogP contribution < -0.4 is 19.7 Å². The number of carbonyl (C=O) groups excluding carboxylic acids is 2. The van der Waals surface area contributed by atoms with Crippen LogP contribution in [0.2, 0.25) is 0 Å². The highest BCUT2D eigenvalue weighted by Crippen LogP contribution is 2.34. The van der Waals surface area contributed by atoms with Gasteiger partial charge in [-0.3, -0.25) is 9.59 Å². The molecule has 2 aromatic carbocycles. The lowest BCUT2D eigenvalue weighted by Gasteiger charge is -2.18. The SMILES string of the molecule is COc1ccc(N2CC(C(=O)NCc3nc4ccccc4n3C)CC2=O)cc1OC. The minimum Gasteiger partial charge on any atom is -0.493 e. The van der Waals surface area contributed by atoms with E-state index >= 15 is 0 Å². The number of anilines is 1. The van der Waals surface area contributed by atoms with Crippen LogP contribution in [0.3, 0.4) is 0 Å². The molecule has 1 saturated heterocycles. The van der Waals surface area contributed by atoms with Gasteiger partial charge in [0.1, 0.15) is 5.82 Å². The summed E-state index contributed by atoms with van der Waals surface area (Å²) < 4.78 is 12.5. The van der Waals surface area contributed by atoms with Gasteiger partial charge in [0, 0.05) is 31.8 Å². The molecule has 0 spiro atoms. The van der Waals surface area contributed by atoms with Crippen molar-refractivity contribution in [3.63, 3.8) is 0 Å². The van der Waals surface area contributed by atoms with Crippen molar-refractivity contribution in [2.45, 2.75) is 13.0 Å². The van der Waals surface area contributed by atoms with Gasteiger partial charge >= 0.3 is 0 Å². The van der Waals surface area contributed by atoms with Crippen LogP contribution in [-0.4, -0.2) is 42.1 Å². The van der Waals surface area contributed by atoms with Gasteiger partial charge in [-0.25, -0.2) is 4.98 Å². The number of ether oxygens (including phenoxy) is 2. The summed E-state index contributed by atoms with van der Waals surface area (Å²) in [5.74, 6) is 1.23. The standard InChI is InChI=1S/C22H24N4O4/c1-25-17-7-5-4-6-16(17)24-20(25)12-23-22(28)14-10-21(27)26(13-14)15-8-9-18(29-2)19(11-15)30-3/h4-9,11,14H,10,12-13H2,1-3H3,(H,23,28). The lowest BCUT2D eigenvalue weighted by molar-refractivity contribution is -0.126. The molecule has 1 aromatic heterocycles. The first-order valence-electron chi connectivity index (χ1n) is 9.72. The zero-order chi connectivity index (χ0) is 21.3. The maximum absolute atomic E-state index is 12.7. The Morgan fingerprint density at radius 2 is 1.93 bits per heavy atom. The molecule has 0 bridgehead atoms. The first kappa shape index (κ1) is 19.8. The normalized spacial score (nSPS) is 16.2. The lowest BCUT2D eigenvalue weighted by Crippen LogP contribution is -2.33. The fourth-order valence-corrected chi connectivity index (χ4v) is 3.79. The number of para-hydroxylation sites is 2. The van der Waals surface area contributed by atoms with E-state index in [1.54, 1.807) is 37.3 Å². The second kappa shape index (κ2) is 8.06. The number of amides is 2. The second-order valence-corrected chi connectivity index (χ2v) is 7.24. The average Bonchev–Trinajstić information content (AvgIpc) is 3.31. The highest BCUT2D eigenvalue weighted by molar-refractivity contribution is 6.00. The van der Waals surface area contributed by atoms with E-state index in [1.165, 1.54) is 0 Å². The van der Waals surface area contributed by atoms with E-state index in [0.717, 1.165) is 16.9 Å². The highest BCUT2D eigenvalue weighted by Gasteiger charge is 2.35. The fourth-order valence-electron chi connectivity index (χ4n) is 3.79. The van der Waals surface area contributed by atoms with Crippen molar-refractivity contribution in [1.82, 2.24) is 14.9 Å². The minimum atomic E-state index is -0.416. The third-order valence-corrected chi connectivity index (χ3v) is 5.48. The molecule has 2 heterocycles. The number of benzene rings is 2. The van der Waals surface area contributed by atoms with Crippen molar-refractivity contribution in [2.75, 3.05) is 25.7 Å². The molecule has 4 rings (SSSR count). The summed E-state index contributed by atoms with van der Waals surface area (Å²) in [6.07, 6.45) is 0.169. The monoisotopic (exact) mass is 408 g/mol. The smallest absolute Gasteiger partial charge is 0.227 e. The minimum absolute atomic E-state index is 0.0925. The molecule has 30 heavy (non-hydrogen) atoms. The van der Waals surface area contributed by atoms with Crippen LogP contribution in [0.4, 0.5) is 5.69 Å². The Labute approximate surface area is 174 Å². The summed E-state index contributed by atoms with van der Waals surface area (Å²) in [4.78, 5) is 31.4. The van der Waals surface area contributed by atoms with E-state index in [1.807, 2.05) is 35.9 Å². The van der Waals surface area contributed by atoms with Gasteiger partial charge in [-0.05, 0) is 24.3 Å². The summed E-state index contributed by atoms with van der Waals surface area (Å²) in [5.41, 5.74) is 2.58. The summed E-state index contributed by atoms with van der Waals surface area (Å²) in [5, 5.41) is 2.93. The van der Waals surface area contributed by atoms with Crippen LogP contribution in [0.5, 0.6) is 11.5 Å². The fraction of sp³-hybridized carbons (Fsp3) is 0.318. The van der Waals surface area contributed by atoms with Gasteiger partial charge in [0.2, 0.25) is 11.8 Å². The summed E-state index contributed by atoms with van der Waals surface area (Å²) in [6.45, 7) is 0.633. The number of hydrogen-bond acceptors (Lipinski definition) is 5. The Kier molecular flexibility index (Phi) is 5.31. The molecule has 1 N–H and O–H groups in total. The molecule has 8 nitrogen and oxygen atoms in total. The number of methoxy groups -OCH3 is 2. The predicted molar refractivity (Wildman–Crippen MR) is 113 cm³/mol. The number of imidazole rings is 1. The van der Waals surface area contributed by atoms with E-state index in [-0.39, 0.29) is 18.2 Å². The Balaban J connectivity index is 1.43. The van der Waals surface area contributed by atoms with Gasteiger partial charge in [0.05, 0.1) is 37.7 Å². The van der Waals surface area contributed by atoms with E-state index in [4.69, 9.17) is 9.47 Å². The van der Waals surface area contributed by atoms with Gasteiger partial charge in [0.25, 0.3) is 0 Å². The van der Waals surface area contributed by atoms with Crippen molar-refractivity contribution in [1.29, 1.82) is 0 Å². The first-order valence-corrected chi connectivity index (χ1v) is 9.72. The highest BCUT2D eigenvalue weighted by atomic mass is 16.5. The molecule has 1 aliphatic rings. The molecule has 2 amide bonds. The number of rotatable bonds is 6. The van der Waals surface area contributed by atoms with Crippen LogP contribution in [0.1, 0.15) is 12.2 Å². The molecule has 1 atom stereocenters. The topological polar surface area (TPSA) is 85.7 Å². The van der Waals surface area contributed by atoms with E-state index in [9.17, 15) is 9.59 Å². The Morgan fingerprint density at radius 3 is 2.67 bits per heavy atom. The summed E-state index contributed by atoms with van der Waals surface area (Å²) in [6, 6.07) is 13.1. The maximum Gasteiger partial charge on any atom is 0.227 e. The molecule has 8 heteroatoms. The predicted octanol–water partition coefficient (Wildman–Crippen LogP) is 2.26. The van der Waals surface area contributed by atoms with Crippen LogP contribution in [-0.2, 0) is 23.2 Å². The lowest BCUT2D eigenvalue weighted by atomic mass is 10.1. The van der Waals surface area contributed by atoms with Crippen LogP contribution in [0.25, 0.3) is 11.0 Å². The molecule has 1 unspecified atom stereocenters. The van der Waals surface area contributed by atoms with Crippen molar-refractivity contribution in [2.24, 2.45) is 13.0 Å². The van der Waals surface area contributed by atoms with Crippen LogP contribution in [0, 0.1) is 5.92 Å². The zero-order valence-corrected chi connectivity index (χ0v) is 17.2. The number of fused-ring (bicyclic) bond motifs is 1. The van der Waals surface area contributed by atoms with E-state index in [2.05, 4.69) is 10.3 Å². The average molecular weight is 408 g/mol. The number of aryl methyl sites for hydroxylation is 1. The number of aromatic nitrogens is 2. The first-order chi connectivity index (χ1) is 14.5. The Bertz CT molecular complexity index is 1110. The van der Waals surface area contributed by atoms with Crippen LogP contribution in [0.15, 0.2) is 42.5 Å². The Hall–Kier alpha value is -3.55. The molecule has 0 radical (unpaired) electrons. The van der Waals surface area contributed by atoms with Gasteiger partial charge < -0.3 is 24.3 Å². The van der Waals surface area contributed by atoms with Crippen molar-refractivity contribution >= 4 is 28.5 Å². The Morgan fingerprint density at radius 1 is 1.17 bits per heavy atom. The largest absolute Gasteiger partial charge is 0.493 e. The van der Waals surface area contributed by atoms with Gasteiger partial charge in [-0.15, -0.1) is 0 Å². The summed E-state index contributed by atoms with van der Waals surface area (Å²) >= 11 is 0. The van der Waals surface area contributed by atoms with Crippen molar-refractivity contribution in [3.05, 3.63) is 48.3 Å². The maximum atomic E-state index is 12.7. The molecule has 1 fully saturated rings. The van der Waals surface area contributed by atoms with Crippen LogP contribution >= 0.6 is 0 Å².